The zero-order valence-corrected chi connectivity index (χ0v) is 13.9. The summed E-state index contributed by atoms with van der Waals surface area (Å²) in [6.07, 6.45) is 0. The van der Waals surface area contributed by atoms with Gasteiger partial charge in [-0.25, -0.2) is 4.98 Å². The van der Waals surface area contributed by atoms with E-state index in [2.05, 4.69) is 46.9 Å². The molecule has 1 aromatic heterocycles. The number of aromatic nitrogens is 2. The van der Waals surface area contributed by atoms with Gasteiger partial charge < -0.3 is 15.0 Å². The fraction of sp³-hybridized carbons (Fsp3) is 0.400. The number of methoxy groups -OCH3 is 1. The van der Waals surface area contributed by atoms with Crippen molar-refractivity contribution in [3.8, 4) is 17.1 Å². The average molecular weight is 338 g/mol. The third-order valence-corrected chi connectivity index (χ3v) is 4.41. The van der Waals surface area contributed by atoms with Gasteiger partial charge in [0.25, 0.3) is 0 Å². The second kappa shape index (κ2) is 5.97. The van der Waals surface area contributed by atoms with Gasteiger partial charge in [0.1, 0.15) is 16.2 Å². The van der Waals surface area contributed by atoms with Crippen molar-refractivity contribution in [2.24, 2.45) is 12.8 Å². The Morgan fingerprint density at radius 2 is 2.10 bits per heavy atom. The van der Waals surface area contributed by atoms with Crippen LogP contribution in [0, 0.1) is 0 Å². The second-order valence-electron chi connectivity index (χ2n) is 5.05. The molecule has 0 saturated carbocycles. The molecule has 0 unspecified atom stereocenters. The van der Waals surface area contributed by atoms with Gasteiger partial charge in [0.2, 0.25) is 0 Å². The van der Waals surface area contributed by atoms with E-state index in [0.29, 0.717) is 12.5 Å². The highest BCUT2D eigenvalue weighted by Crippen LogP contribution is 2.34. The highest BCUT2D eigenvalue weighted by molar-refractivity contribution is 9.10. The van der Waals surface area contributed by atoms with Gasteiger partial charge in [0.05, 0.1) is 18.4 Å². The maximum Gasteiger partial charge on any atom is 0.144 e. The number of ether oxygens (including phenoxy) is 1. The minimum Gasteiger partial charge on any atom is -0.496 e. The first-order chi connectivity index (χ1) is 9.49. The first-order valence-electron chi connectivity index (χ1n) is 6.59. The summed E-state index contributed by atoms with van der Waals surface area (Å²) >= 11 is 3.53. The van der Waals surface area contributed by atoms with E-state index in [1.807, 2.05) is 17.7 Å². The Balaban J connectivity index is 2.64. The van der Waals surface area contributed by atoms with E-state index in [9.17, 15) is 0 Å². The molecule has 0 saturated heterocycles. The number of nitrogens with zero attached hydrogens (tertiary/aromatic N) is 2. The molecule has 20 heavy (non-hydrogen) atoms. The van der Waals surface area contributed by atoms with Crippen molar-refractivity contribution in [3.05, 3.63) is 34.1 Å². The standard InChI is InChI=1S/C15H20BrN3O/c1-9(2)10-5-6-13(20-4)11(7-10)15-18-12(8-17)14(16)19(15)3/h5-7,9H,8,17H2,1-4H3. The maximum atomic E-state index is 5.72. The Morgan fingerprint density at radius 3 is 2.60 bits per heavy atom. The van der Waals surface area contributed by atoms with Crippen LogP contribution in [0.4, 0.5) is 0 Å². The molecule has 1 aromatic carbocycles. The van der Waals surface area contributed by atoms with Gasteiger partial charge in [-0.15, -0.1) is 0 Å². The summed E-state index contributed by atoms with van der Waals surface area (Å²) < 4.78 is 8.37. The molecule has 0 bridgehead atoms. The number of halogens is 1. The van der Waals surface area contributed by atoms with Crippen molar-refractivity contribution in [1.29, 1.82) is 0 Å². The molecule has 0 spiro atoms. The van der Waals surface area contributed by atoms with Crippen molar-refractivity contribution in [1.82, 2.24) is 9.55 Å². The number of benzene rings is 1. The van der Waals surface area contributed by atoms with Crippen LogP contribution >= 0.6 is 15.9 Å². The quantitative estimate of drug-likeness (QED) is 0.929. The highest BCUT2D eigenvalue weighted by Gasteiger charge is 2.17. The fourth-order valence-electron chi connectivity index (χ4n) is 2.17. The van der Waals surface area contributed by atoms with Crippen molar-refractivity contribution in [2.45, 2.75) is 26.3 Å². The Kier molecular flexibility index (Phi) is 4.50. The monoisotopic (exact) mass is 337 g/mol. The van der Waals surface area contributed by atoms with E-state index >= 15 is 0 Å². The van der Waals surface area contributed by atoms with Crippen molar-refractivity contribution < 1.29 is 4.74 Å². The highest BCUT2D eigenvalue weighted by atomic mass is 79.9. The third kappa shape index (κ3) is 2.60. The van der Waals surface area contributed by atoms with Crippen LogP contribution < -0.4 is 10.5 Å². The van der Waals surface area contributed by atoms with Crippen LogP contribution in [0.15, 0.2) is 22.8 Å². The lowest BCUT2D eigenvalue weighted by Crippen LogP contribution is -1.98. The molecule has 0 aliphatic rings. The van der Waals surface area contributed by atoms with Crippen LogP contribution in [-0.2, 0) is 13.6 Å². The Bertz CT molecular complexity index is 620. The molecule has 2 aromatic rings. The number of hydrogen-bond donors (Lipinski definition) is 1. The van der Waals surface area contributed by atoms with E-state index in [1.54, 1.807) is 7.11 Å². The summed E-state index contributed by atoms with van der Waals surface area (Å²) in [6.45, 7) is 4.75. The lowest BCUT2D eigenvalue weighted by atomic mass is 10.00. The predicted octanol–water partition coefficient (Wildman–Crippen LogP) is 3.44. The van der Waals surface area contributed by atoms with E-state index < -0.39 is 0 Å². The van der Waals surface area contributed by atoms with Crippen molar-refractivity contribution in [3.63, 3.8) is 0 Å². The topological polar surface area (TPSA) is 53.1 Å². The molecule has 0 aliphatic carbocycles. The van der Waals surface area contributed by atoms with Crippen LogP contribution in [0.1, 0.15) is 31.0 Å². The van der Waals surface area contributed by atoms with E-state index in [0.717, 1.165) is 27.4 Å². The normalized spacial score (nSPS) is 11.2. The molecule has 0 atom stereocenters. The molecule has 4 nitrogen and oxygen atoms in total. The van der Waals surface area contributed by atoms with Gasteiger partial charge in [-0.3, -0.25) is 0 Å². The number of nitrogens with two attached hydrogens (primary N) is 1. The third-order valence-electron chi connectivity index (χ3n) is 3.42. The predicted molar refractivity (Wildman–Crippen MR) is 84.9 cm³/mol. The molecule has 108 valence electrons. The van der Waals surface area contributed by atoms with Gasteiger partial charge in [-0.2, -0.15) is 0 Å². The lowest BCUT2D eigenvalue weighted by Gasteiger charge is -2.12. The van der Waals surface area contributed by atoms with E-state index in [4.69, 9.17) is 10.5 Å². The molecule has 2 N–H and O–H groups in total. The fourth-order valence-corrected chi connectivity index (χ4v) is 2.58. The summed E-state index contributed by atoms with van der Waals surface area (Å²) in [5.41, 5.74) is 8.82. The molecule has 0 fully saturated rings. The molecule has 0 radical (unpaired) electrons. The average Bonchev–Trinajstić information content (AvgIpc) is 2.74. The van der Waals surface area contributed by atoms with E-state index in [1.165, 1.54) is 5.56 Å². The van der Waals surface area contributed by atoms with Crippen LogP contribution in [0.5, 0.6) is 5.75 Å². The Hall–Kier alpha value is -1.33. The second-order valence-corrected chi connectivity index (χ2v) is 5.80. The summed E-state index contributed by atoms with van der Waals surface area (Å²) in [5.74, 6) is 2.13. The van der Waals surface area contributed by atoms with Gasteiger partial charge in [0, 0.05) is 13.6 Å². The van der Waals surface area contributed by atoms with Gasteiger partial charge in [0.15, 0.2) is 0 Å². The van der Waals surface area contributed by atoms with Crippen LogP contribution in [0.2, 0.25) is 0 Å². The number of rotatable bonds is 4. The molecule has 0 aliphatic heterocycles. The van der Waals surface area contributed by atoms with Crippen molar-refractivity contribution >= 4 is 15.9 Å². The summed E-state index contributed by atoms with van der Waals surface area (Å²) in [5, 5.41) is 0. The van der Waals surface area contributed by atoms with Gasteiger partial charge >= 0.3 is 0 Å². The van der Waals surface area contributed by atoms with Crippen LogP contribution in [0.3, 0.4) is 0 Å². The molecular weight excluding hydrogens is 318 g/mol. The first-order valence-corrected chi connectivity index (χ1v) is 7.38. The molecule has 5 heteroatoms. The summed E-state index contributed by atoms with van der Waals surface area (Å²) in [6, 6.07) is 6.22. The Morgan fingerprint density at radius 1 is 1.40 bits per heavy atom. The van der Waals surface area contributed by atoms with Crippen molar-refractivity contribution in [2.75, 3.05) is 7.11 Å². The van der Waals surface area contributed by atoms with Gasteiger partial charge in [-0.1, -0.05) is 19.9 Å². The Labute approximate surface area is 128 Å². The maximum absolute atomic E-state index is 5.72. The number of hydrogen-bond acceptors (Lipinski definition) is 3. The first kappa shape index (κ1) is 15.1. The zero-order chi connectivity index (χ0) is 14.9. The van der Waals surface area contributed by atoms with Crippen LogP contribution in [0.25, 0.3) is 11.4 Å². The smallest absolute Gasteiger partial charge is 0.144 e. The lowest BCUT2D eigenvalue weighted by molar-refractivity contribution is 0.415. The molecule has 1 heterocycles. The van der Waals surface area contributed by atoms with Crippen LogP contribution in [-0.4, -0.2) is 16.7 Å². The minimum absolute atomic E-state index is 0.403. The SMILES string of the molecule is COc1ccc(C(C)C)cc1-c1nc(CN)c(Br)n1C. The van der Waals surface area contributed by atoms with E-state index in [-0.39, 0.29) is 0 Å². The number of imidazole rings is 1. The minimum atomic E-state index is 0.403. The summed E-state index contributed by atoms with van der Waals surface area (Å²) in [4.78, 5) is 4.62. The zero-order valence-electron chi connectivity index (χ0n) is 12.3. The molecule has 2 rings (SSSR count). The van der Waals surface area contributed by atoms with Gasteiger partial charge in [-0.05, 0) is 39.5 Å². The largest absolute Gasteiger partial charge is 0.496 e. The summed E-state index contributed by atoms with van der Waals surface area (Å²) in [7, 11) is 3.64. The molecule has 0 amide bonds. The molecular formula is C15H20BrN3O.